The van der Waals surface area contributed by atoms with Gasteiger partial charge in [0, 0.05) is 49.9 Å². The van der Waals surface area contributed by atoms with Crippen LogP contribution in [0, 0.1) is 10.1 Å². The minimum absolute atomic E-state index is 0.0310. The van der Waals surface area contributed by atoms with Crippen LogP contribution >= 0.6 is 0 Å². The molecule has 3 aromatic rings. The highest BCUT2D eigenvalue weighted by atomic mass is 16.6. The van der Waals surface area contributed by atoms with Crippen LogP contribution in [0.1, 0.15) is 18.4 Å². The number of aromatic nitrogens is 2. The number of rotatable bonds is 9. The van der Waals surface area contributed by atoms with Crippen molar-refractivity contribution >= 4 is 5.69 Å². The lowest BCUT2D eigenvalue weighted by molar-refractivity contribution is -0.384. The molecule has 1 fully saturated rings. The quantitative estimate of drug-likeness (QED) is 0.371. The van der Waals surface area contributed by atoms with Crippen LogP contribution < -0.4 is 0 Å². The van der Waals surface area contributed by atoms with Crippen LogP contribution in [-0.2, 0) is 17.8 Å². The molecule has 0 N–H and O–H groups in total. The van der Waals surface area contributed by atoms with E-state index >= 15 is 0 Å². The van der Waals surface area contributed by atoms with Gasteiger partial charge in [-0.2, -0.15) is 4.98 Å². The third kappa shape index (κ3) is 5.76. The van der Waals surface area contributed by atoms with E-state index in [0.29, 0.717) is 23.8 Å². The Morgan fingerprint density at radius 3 is 2.50 bits per heavy atom. The van der Waals surface area contributed by atoms with Gasteiger partial charge >= 0.3 is 0 Å². The molecule has 4 rings (SSSR count). The van der Waals surface area contributed by atoms with Crippen molar-refractivity contribution in [2.75, 3.05) is 32.8 Å². The summed E-state index contributed by atoms with van der Waals surface area (Å²) >= 11 is 0. The average molecular weight is 438 g/mol. The highest BCUT2D eigenvalue weighted by Gasteiger charge is 2.22. The van der Waals surface area contributed by atoms with Gasteiger partial charge in [0.15, 0.2) is 0 Å². The highest BCUT2D eigenvalue weighted by molar-refractivity contribution is 5.56. The lowest BCUT2D eigenvalue weighted by Gasteiger charge is -2.34. The van der Waals surface area contributed by atoms with Crippen LogP contribution in [0.15, 0.2) is 59.1 Å². The van der Waals surface area contributed by atoms with Crippen LogP contribution in [0.4, 0.5) is 5.69 Å². The number of nitro groups is 1. The molecule has 0 radical (unpaired) electrons. The number of hydrogen-bond donors (Lipinski definition) is 0. The molecule has 0 bridgehead atoms. The van der Waals surface area contributed by atoms with Crippen molar-refractivity contribution in [1.82, 2.24) is 19.9 Å². The molecule has 0 aliphatic carbocycles. The van der Waals surface area contributed by atoms with Crippen LogP contribution in [0.25, 0.3) is 11.4 Å². The maximum Gasteiger partial charge on any atom is 0.269 e. The van der Waals surface area contributed by atoms with Gasteiger partial charge < -0.3 is 9.26 Å². The van der Waals surface area contributed by atoms with E-state index in [1.54, 1.807) is 12.1 Å². The van der Waals surface area contributed by atoms with E-state index in [9.17, 15) is 10.1 Å². The normalized spacial score (nSPS) is 15.7. The van der Waals surface area contributed by atoms with Gasteiger partial charge in [0.2, 0.25) is 11.7 Å². The Bertz CT molecular complexity index is 1000. The zero-order valence-electron chi connectivity index (χ0n) is 18.1. The number of benzene rings is 2. The molecule has 168 valence electrons. The molecule has 1 aromatic heterocycles. The van der Waals surface area contributed by atoms with Gasteiger partial charge in [-0.15, -0.1) is 0 Å². The van der Waals surface area contributed by atoms with Crippen molar-refractivity contribution in [3.05, 3.63) is 76.2 Å². The Morgan fingerprint density at radius 2 is 1.81 bits per heavy atom. The largest absolute Gasteiger partial charge is 0.379 e. The zero-order chi connectivity index (χ0) is 22.3. The maximum atomic E-state index is 10.9. The minimum atomic E-state index is -0.428. The first-order valence-corrected chi connectivity index (χ1v) is 10.7. The summed E-state index contributed by atoms with van der Waals surface area (Å²) in [5, 5.41) is 15.0. The predicted molar refractivity (Wildman–Crippen MR) is 119 cm³/mol. The number of hydrogen-bond acceptors (Lipinski definition) is 8. The summed E-state index contributed by atoms with van der Waals surface area (Å²) in [7, 11) is 0. The van der Waals surface area contributed by atoms with Crippen molar-refractivity contribution in [1.29, 1.82) is 0 Å². The summed E-state index contributed by atoms with van der Waals surface area (Å²) in [4.78, 5) is 19.7. The molecule has 1 atom stereocenters. The summed E-state index contributed by atoms with van der Waals surface area (Å²) in [5.41, 5.74) is 1.93. The molecule has 1 unspecified atom stereocenters. The van der Waals surface area contributed by atoms with Crippen LogP contribution in [0.2, 0.25) is 0 Å². The summed E-state index contributed by atoms with van der Waals surface area (Å²) in [6.45, 7) is 7.84. The standard InChI is InChI=1S/C23H27N5O4/c1-18(15-26-11-13-31-14-12-26)27(16-19-5-3-2-4-6-19)17-22-24-23(25-32-22)20-7-9-21(10-8-20)28(29)30/h2-10,18H,11-17H2,1H3. The molecular weight excluding hydrogens is 410 g/mol. The van der Waals surface area contributed by atoms with Gasteiger partial charge in [-0.25, -0.2) is 0 Å². The molecule has 0 amide bonds. The van der Waals surface area contributed by atoms with Crippen molar-refractivity contribution in [3.8, 4) is 11.4 Å². The fourth-order valence-corrected chi connectivity index (χ4v) is 3.80. The van der Waals surface area contributed by atoms with E-state index in [4.69, 9.17) is 9.26 Å². The second-order valence-electron chi connectivity index (χ2n) is 7.97. The summed E-state index contributed by atoms with van der Waals surface area (Å²) in [6, 6.07) is 16.7. The Morgan fingerprint density at radius 1 is 1.09 bits per heavy atom. The SMILES string of the molecule is CC(CN1CCOCC1)N(Cc1ccccc1)Cc1nc(-c2ccc([N+](=O)[O-])cc2)no1. The number of non-ortho nitro benzene ring substituents is 1. The molecule has 0 saturated carbocycles. The molecule has 2 aromatic carbocycles. The van der Waals surface area contributed by atoms with E-state index in [0.717, 1.165) is 39.4 Å². The third-order valence-corrected chi connectivity index (χ3v) is 5.62. The second kappa shape index (κ2) is 10.4. The molecular formula is C23H27N5O4. The summed E-state index contributed by atoms with van der Waals surface area (Å²) < 4.78 is 11.0. The van der Waals surface area contributed by atoms with Gasteiger partial charge in [0.1, 0.15) is 0 Å². The van der Waals surface area contributed by atoms with E-state index in [2.05, 4.69) is 39.0 Å². The van der Waals surface area contributed by atoms with Gasteiger partial charge in [0.05, 0.1) is 24.7 Å². The van der Waals surface area contributed by atoms with E-state index in [1.807, 2.05) is 18.2 Å². The fourth-order valence-electron chi connectivity index (χ4n) is 3.80. The van der Waals surface area contributed by atoms with Crippen LogP contribution in [0.5, 0.6) is 0 Å². The fraction of sp³-hybridized carbons (Fsp3) is 0.391. The van der Waals surface area contributed by atoms with Gasteiger partial charge in [-0.1, -0.05) is 35.5 Å². The molecule has 0 spiro atoms. The van der Waals surface area contributed by atoms with E-state index in [1.165, 1.54) is 17.7 Å². The monoisotopic (exact) mass is 437 g/mol. The number of nitro benzene ring substituents is 1. The molecule has 9 heteroatoms. The Kier molecular flexibility index (Phi) is 7.21. The predicted octanol–water partition coefficient (Wildman–Crippen LogP) is 3.37. The first kappa shape index (κ1) is 22.1. The lowest BCUT2D eigenvalue weighted by atomic mass is 10.1. The molecule has 1 saturated heterocycles. The molecule has 32 heavy (non-hydrogen) atoms. The molecule has 2 heterocycles. The molecule has 1 aliphatic rings. The van der Waals surface area contributed by atoms with Crippen molar-refractivity contribution in [2.24, 2.45) is 0 Å². The summed E-state index contributed by atoms with van der Waals surface area (Å²) in [5.74, 6) is 0.943. The van der Waals surface area contributed by atoms with Crippen molar-refractivity contribution in [2.45, 2.75) is 26.1 Å². The van der Waals surface area contributed by atoms with Crippen LogP contribution in [-0.4, -0.2) is 63.8 Å². The number of morpholine rings is 1. The zero-order valence-corrected chi connectivity index (χ0v) is 18.1. The lowest BCUT2D eigenvalue weighted by Crippen LogP contribution is -2.45. The molecule has 1 aliphatic heterocycles. The highest BCUT2D eigenvalue weighted by Crippen LogP contribution is 2.21. The Balaban J connectivity index is 1.48. The smallest absolute Gasteiger partial charge is 0.269 e. The number of ether oxygens (including phenoxy) is 1. The summed E-state index contributed by atoms with van der Waals surface area (Å²) in [6.07, 6.45) is 0. The van der Waals surface area contributed by atoms with Crippen LogP contribution in [0.3, 0.4) is 0 Å². The second-order valence-corrected chi connectivity index (χ2v) is 7.97. The van der Waals surface area contributed by atoms with Crippen molar-refractivity contribution < 1.29 is 14.2 Å². The first-order chi connectivity index (χ1) is 15.6. The van der Waals surface area contributed by atoms with Crippen molar-refractivity contribution in [3.63, 3.8) is 0 Å². The third-order valence-electron chi connectivity index (χ3n) is 5.62. The topological polar surface area (TPSA) is 97.8 Å². The maximum absolute atomic E-state index is 10.9. The first-order valence-electron chi connectivity index (χ1n) is 10.7. The van der Waals surface area contributed by atoms with Gasteiger partial charge in [-0.05, 0) is 24.6 Å². The van der Waals surface area contributed by atoms with E-state index in [-0.39, 0.29) is 11.7 Å². The Labute approximate surface area is 186 Å². The molecule has 9 nitrogen and oxygen atoms in total. The minimum Gasteiger partial charge on any atom is -0.379 e. The Hall–Kier alpha value is -3.14. The van der Waals surface area contributed by atoms with Gasteiger partial charge in [0.25, 0.3) is 5.69 Å². The average Bonchev–Trinajstić information content (AvgIpc) is 3.28. The number of nitrogens with zero attached hydrogens (tertiary/aromatic N) is 5. The van der Waals surface area contributed by atoms with Gasteiger partial charge in [-0.3, -0.25) is 19.9 Å². The van der Waals surface area contributed by atoms with E-state index < -0.39 is 4.92 Å².